The number of nitrogens with one attached hydrogen (secondary N) is 1. The molecule has 1 aromatic heterocycles. The number of anilines is 1. The molecule has 0 aliphatic carbocycles. The zero-order valence-corrected chi connectivity index (χ0v) is 17.7. The summed E-state index contributed by atoms with van der Waals surface area (Å²) >= 11 is 0. The minimum atomic E-state index is -0.165. The molecule has 0 aliphatic rings. The second kappa shape index (κ2) is 10.2. The topological polar surface area (TPSA) is 86.8 Å². The first-order chi connectivity index (χ1) is 15.0. The van der Waals surface area contributed by atoms with E-state index in [2.05, 4.69) is 10.3 Å². The number of hydrogen-bond donors (Lipinski definition) is 1. The van der Waals surface area contributed by atoms with Crippen molar-refractivity contribution in [3.63, 3.8) is 0 Å². The van der Waals surface area contributed by atoms with E-state index in [0.717, 1.165) is 5.56 Å². The van der Waals surface area contributed by atoms with Gasteiger partial charge in [-0.2, -0.15) is 0 Å². The van der Waals surface area contributed by atoms with E-state index in [0.29, 0.717) is 40.5 Å². The fourth-order valence-electron chi connectivity index (χ4n) is 3.17. The Labute approximate surface area is 181 Å². The van der Waals surface area contributed by atoms with Gasteiger partial charge in [-0.3, -0.25) is 14.6 Å². The van der Waals surface area contributed by atoms with Crippen molar-refractivity contribution in [2.45, 2.75) is 12.8 Å². The molecule has 0 fully saturated rings. The first kappa shape index (κ1) is 21.8. The van der Waals surface area contributed by atoms with Crippen LogP contribution >= 0.6 is 0 Å². The highest BCUT2D eigenvalue weighted by Gasteiger charge is 2.14. The molecule has 0 spiro atoms. The number of carbonyl (C=O) groups excluding carboxylic acids is 2. The van der Waals surface area contributed by atoms with Crippen molar-refractivity contribution in [2.75, 3.05) is 26.6 Å². The number of carbonyl (C=O) groups is 2. The Bertz CT molecular complexity index is 1040. The average Bonchev–Trinajstić information content (AvgIpc) is 2.82. The summed E-state index contributed by atoms with van der Waals surface area (Å²) in [6.45, 7) is 0. The van der Waals surface area contributed by atoms with Crippen LogP contribution in [-0.2, 0) is 11.2 Å². The van der Waals surface area contributed by atoms with Gasteiger partial charge in [-0.15, -0.1) is 0 Å². The van der Waals surface area contributed by atoms with E-state index in [1.165, 1.54) is 0 Å². The van der Waals surface area contributed by atoms with E-state index in [1.807, 2.05) is 12.1 Å². The average molecular weight is 420 g/mol. The summed E-state index contributed by atoms with van der Waals surface area (Å²) in [5.41, 5.74) is 2.48. The summed E-state index contributed by atoms with van der Waals surface area (Å²) in [5.74, 6) is 1.30. The Morgan fingerprint density at radius 1 is 0.871 bits per heavy atom. The molecule has 7 heteroatoms. The number of ketones is 1. The van der Waals surface area contributed by atoms with Crippen molar-refractivity contribution in [3.8, 4) is 17.2 Å². The van der Waals surface area contributed by atoms with Crippen LogP contribution in [0.2, 0.25) is 0 Å². The molecule has 2 aromatic carbocycles. The maximum atomic E-state index is 12.6. The number of rotatable bonds is 9. The minimum Gasteiger partial charge on any atom is -0.493 e. The van der Waals surface area contributed by atoms with Crippen LogP contribution in [0.15, 0.2) is 60.9 Å². The molecule has 0 saturated heterocycles. The van der Waals surface area contributed by atoms with E-state index in [4.69, 9.17) is 14.2 Å². The lowest BCUT2D eigenvalue weighted by molar-refractivity contribution is -0.116. The summed E-state index contributed by atoms with van der Waals surface area (Å²) in [6.07, 6.45) is 3.88. The van der Waals surface area contributed by atoms with Gasteiger partial charge < -0.3 is 19.5 Å². The van der Waals surface area contributed by atoms with Crippen LogP contribution in [0.3, 0.4) is 0 Å². The second-order valence-electron chi connectivity index (χ2n) is 6.73. The van der Waals surface area contributed by atoms with Gasteiger partial charge in [-0.05, 0) is 48.4 Å². The molecule has 0 bridgehead atoms. The van der Waals surface area contributed by atoms with Crippen molar-refractivity contribution in [3.05, 3.63) is 77.6 Å². The number of nitrogens with zero attached hydrogens (tertiary/aromatic N) is 1. The van der Waals surface area contributed by atoms with Crippen molar-refractivity contribution in [2.24, 2.45) is 0 Å². The molecule has 1 heterocycles. The summed E-state index contributed by atoms with van der Waals surface area (Å²) in [7, 11) is 4.64. The molecule has 31 heavy (non-hydrogen) atoms. The van der Waals surface area contributed by atoms with Crippen LogP contribution in [0.25, 0.3) is 0 Å². The van der Waals surface area contributed by atoms with E-state index < -0.39 is 0 Å². The SMILES string of the molecule is COc1cc(CCC(=O)Nc2cccc(C(=O)c3ccncc3)c2)cc(OC)c1OC. The zero-order chi connectivity index (χ0) is 22.2. The molecular formula is C24H24N2O5. The predicted molar refractivity (Wildman–Crippen MR) is 117 cm³/mol. The third-order valence-corrected chi connectivity index (χ3v) is 4.72. The molecule has 1 amide bonds. The molecule has 3 aromatic rings. The lowest BCUT2D eigenvalue weighted by Gasteiger charge is -2.14. The standard InChI is InChI=1S/C24H24N2O5/c1-29-20-13-16(14-21(30-2)24(20)31-3)7-8-22(27)26-19-6-4-5-18(15-19)23(28)17-9-11-25-12-10-17/h4-6,9-15H,7-8H2,1-3H3,(H,26,27). The first-order valence-corrected chi connectivity index (χ1v) is 9.69. The molecule has 0 aliphatic heterocycles. The fraction of sp³-hybridized carbons (Fsp3) is 0.208. The summed E-state index contributed by atoms with van der Waals surface area (Å²) in [5, 5.41) is 2.85. The van der Waals surface area contributed by atoms with E-state index in [1.54, 1.807) is 70.1 Å². The van der Waals surface area contributed by atoms with Crippen LogP contribution in [0.4, 0.5) is 5.69 Å². The molecule has 7 nitrogen and oxygen atoms in total. The maximum Gasteiger partial charge on any atom is 0.224 e. The Hall–Kier alpha value is -3.87. The molecule has 0 atom stereocenters. The van der Waals surface area contributed by atoms with Crippen LogP contribution in [0.5, 0.6) is 17.2 Å². The molecule has 0 unspecified atom stereocenters. The van der Waals surface area contributed by atoms with Crippen molar-refractivity contribution in [1.29, 1.82) is 0 Å². The van der Waals surface area contributed by atoms with Crippen LogP contribution in [0, 0.1) is 0 Å². The van der Waals surface area contributed by atoms with E-state index in [-0.39, 0.29) is 18.1 Å². The summed E-state index contributed by atoms with van der Waals surface area (Å²) < 4.78 is 16.0. The molecule has 0 radical (unpaired) electrons. The third-order valence-electron chi connectivity index (χ3n) is 4.72. The maximum absolute atomic E-state index is 12.6. The van der Waals surface area contributed by atoms with E-state index >= 15 is 0 Å². The normalized spacial score (nSPS) is 10.3. The van der Waals surface area contributed by atoms with E-state index in [9.17, 15) is 9.59 Å². The quantitative estimate of drug-likeness (QED) is 0.528. The van der Waals surface area contributed by atoms with Gasteiger partial charge >= 0.3 is 0 Å². The second-order valence-corrected chi connectivity index (χ2v) is 6.73. The molecular weight excluding hydrogens is 396 g/mol. The molecule has 1 N–H and O–H groups in total. The molecule has 160 valence electrons. The Morgan fingerprint density at radius 3 is 2.16 bits per heavy atom. The highest BCUT2D eigenvalue weighted by atomic mass is 16.5. The lowest BCUT2D eigenvalue weighted by Crippen LogP contribution is -2.13. The van der Waals surface area contributed by atoms with Gasteiger partial charge in [0.2, 0.25) is 11.7 Å². The number of ether oxygens (including phenoxy) is 3. The smallest absolute Gasteiger partial charge is 0.224 e. The Morgan fingerprint density at radius 2 is 1.55 bits per heavy atom. The highest BCUT2D eigenvalue weighted by molar-refractivity contribution is 6.09. The van der Waals surface area contributed by atoms with Crippen LogP contribution < -0.4 is 19.5 Å². The molecule has 3 rings (SSSR count). The highest BCUT2D eigenvalue weighted by Crippen LogP contribution is 2.38. The van der Waals surface area contributed by atoms with Crippen molar-refractivity contribution in [1.82, 2.24) is 4.98 Å². The monoisotopic (exact) mass is 420 g/mol. The van der Waals surface area contributed by atoms with Gasteiger partial charge in [-0.1, -0.05) is 12.1 Å². The first-order valence-electron chi connectivity index (χ1n) is 9.69. The van der Waals surface area contributed by atoms with Crippen LogP contribution in [-0.4, -0.2) is 38.0 Å². The number of amides is 1. The van der Waals surface area contributed by atoms with Crippen molar-refractivity contribution >= 4 is 17.4 Å². The number of benzene rings is 2. The van der Waals surface area contributed by atoms with Crippen molar-refractivity contribution < 1.29 is 23.8 Å². The Kier molecular flexibility index (Phi) is 7.22. The van der Waals surface area contributed by atoms with Gasteiger partial charge in [0.1, 0.15) is 0 Å². The minimum absolute atomic E-state index is 0.129. The number of pyridine rings is 1. The lowest BCUT2D eigenvalue weighted by atomic mass is 10.0. The Balaban J connectivity index is 1.66. The largest absolute Gasteiger partial charge is 0.493 e. The van der Waals surface area contributed by atoms with Gasteiger partial charge in [0.15, 0.2) is 17.3 Å². The van der Waals surface area contributed by atoms with Crippen LogP contribution in [0.1, 0.15) is 27.9 Å². The summed E-state index contributed by atoms with van der Waals surface area (Å²) in [4.78, 5) is 29.0. The van der Waals surface area contributed by atoms with Gasteiger partial charge in [0.25, 0.3) is 0 Å². The third kappa shape index (κ3) is 5.39. The number of hydrogen-bond acceptors (Lipinski definition) is 6. The van der Waals surface area contributed by atoms with Gasteiger partial charge in [-0.25, -0.2) is 0 Å². The number of aromatic nitrogens is 1. The summed E-state index contributed by atoms with van der Waals surface area (Å²) in [6, 6.07) is 13.8. The number of methoxy groups -OCH3 is 3. The zero-order valence-electron chi connectivity index (χ0n) is 17.7. The van der Waals surface area contributed by atoms with Gasteiger partial charge in [0, 0.05) is 35.6 Å². The molecule has 0 saturated carbocycles. The number of aryl methyl sites for hydroxylation is 1. The fourth-order valence-corrected chi connectivity index (χ4v) is 3.17. The van der Waals surface area contributed by atoms with Gasteiger partial charge in [0.05, 0.1) is 21.3 Å². The predicted octanol–water partition coefficient (Wildman–Crippen LogP) is 3.91.